The topological polar surface area (TPSA) is 159 Å². The van der Waals surface area contributed by atoms with E-state index in [9.17, 15) is 9.59 Å². The van der Waals surface area contributed by atoms with Gasteiger partial charge in [0, 0.05) is 37.1 Å². The van der Waals surface area contributed by atoms with Crippen molar-refractivity contribution in [2.24, 2.45) is 17.8 Å². The number of carbonyl (C=O) groups excluding carboxylic acids is 1. The fourth-order valence-corrected chi connectivity index (χ4v) is 3.74. The van der Waals surface area contributed by atoms with E-state index in [4.69, 9.17) is 21.0 Å². The molecule has 36 heavy (non-hydrogen) atoms. The molecule has 2 aromatic carbocycles. The Morgan fingerprint density at radius 2 is 2.00 bits per heavy atom. The molecule has 1 aromatic heterocycles. The van der Waals surface area contributed by atoms with Crippen LogP contribution in [0.25, 0.3) is 11.0 Å². The maximum absolute atomic E-state index is 12.9. The third kappa shape index (κ3) is 5.69. The van der Waals surface area contributed by atoms with E-state index in [0.717, 1.165) is 23.4 Å². The van der Waals surface area contributed by atoms with Crippen molar-refractivity contribution in [1.29, 1.82) is 5.41 Å². The summed E-state index contributed by atoms with van der Waals surface area (Å²) in [6.07, 6.45) is 4.04. The van der Waals surface area contributed by atoms with Crippen molar-refractivity contribution in [3.8, 4) is 5.75 Å². The molecular formula is C25H27N7O4. The van der Waals surface area contributed by atoms with Gasteiger partial charge in [-0.15, -0.1) is 0 Å². The van der Waals surface area contributed by atoms with Gasteiger partial charge in [-0.1, -0.05) is 0 Å². The molecule has 0 atom stereocenters. The van der Waals surface area contributed by atoms with Gasteiger partial charge in [0.1, 0.15) is 23.2 Å². The minimum Gasteiger partial charge on any atom is -0.481 e. The Hall–Kier alpha value is -4.67. The van der Waals surface area contributed by atoms with Crippen LogP contribution in [0, 0.1) is 5.41 Å². The van der Waals surface area contributed by atoms with E-state index in [-0.39, 0.29) is 18.8 Å². The highest BCUT2D eigenvalue weighted by atomic mass is 16.6. The number of aliphatic imine (C=N–C) groups is 1. The SMILES string of the molecule is Cn1c(CNc2ccc(C(=N)N)cc2)nc2cc(OC(=O)N(CCC(=O)O)C3=CCCC=N3)ccc21. The fourth-order valence-electron chi connectivity index (χ4n) is 3.74. The number of anilines is 1. The molecule has 0 bridgehead atoms. The van der Waals surface area contributed by atoms with Crippen molar-refractivity contribution in [2.75, 3.05) is 11.9 Å². The average Bonchev–Trinajstić information content (AvgIpc) is 3.18. The molecule has 186 valence electrons. The first-order valence-electron chi connectivity index (χ1n) is 11.4. The van der Waals surface area contributed by atoms with Crippen LogP contribution in [-0.4, -0.2) is 50.2 Å². The molecule has 1 aliphatic heterocycles. The maximum atomic E-state index is 12.9. The van der Waals surface area contributed by atoms with Crippen LogP contribution < -0.4 is 15.8 Å². The number of imidazole rings is 1. The van der Waals surface area contributed by atoms with E-state index in [1.807, 2.05) is 29.8 Å². The molecule has 4 rings (SSSR count). The zero-order valence-corrected chi connectivity index (χ0v) is 19.8. The van der Waals surface area contributed by atoms with Crippen LogP contribution in [0.1, 0.15) is 30.7 Å². The third-order valence-corrected chi connectivity index (χ3v) is 5.69. The fraction of sp³-hybridized carbons (Fsp3) is 0.240. The number of carboxylic acid groups (broad SMARTS) is 1. The Balaban J connectivity index is 1.47. The number of hydrogen-bond acceptors (Lipinski definition) is 7. The number of carboxylic acids is 1. The monoisotopic (exact) mass is 489 g/mol. The Labute approximate surface area is 207 Å². The summed E-state index contributed by atoms with van der Waals surface area (Å²) < 4.78 is 7.51. The van der Waals surface area contributed by atoms with E-state index < -0.39 is 12.1 Å². The summed E-state index contributed by atoms with van der Waals surface area (Å²) in [6, 6.07) is 12.4. The lowest BCUT2D eigenvalue weighted by atomic mass is 10.2. The molecule has 3 aromatic rings. The summed E-state index contributed by atoms with van der Waals surface area (Å²) in [5.74, 6) is 0.455. The number of aromatic nitrogens is 2. The lowest BCUT2D eigenvalue weighted by Crippen LogP contribution is -2.34. The maximum Gasteiger partial charge on any atom is 0.420 e. The predicted molar refractivity (Wildman–Crippen MR) is 136 cm³/mol. The molecule has 1 aliphatic rings. The molecule has 0 aliphatic carbocycles. The molecule has 0 saturated carbocycles. The number of benzene rings is 2. The summed E-state index contributed by atoms with van der Waals surface area (Å²) >= 11 is 0. The molecular weight excluding hydrogens is 462 g/mol. The number of nitrogens with zero attached hydrogens (tertiary/aromatic N) is 4. The number of allylic oxidation sites excluding steroid dienone is 1. The second kappa shape index (κ2) is 10.7. The van der Waals surface area contributed by atoms with Gasteiger partial charge in [0.2, 0.25) is 0 Å². The number of fused-ring (bicyclic) bond motifs is 1. The van der Waals surface area contributed by atoms with Crippen LogP contribution in [0.3, 0.4) is 0 Å². The summed E-state index contributed by atoms with van der Waals surface area (Å²) in [5, 5.41) is 19.8. The van der Waals surface area contributed by atoms with Gasteiger partial charge < -0.3 is 25.5 Å². The van der Waals surface area contributed by atoms with Gasteiger partial charge in [-0.3, -0.25) is 15.1 Å². The minimum absolute atomic E-state index is 0.0154. The summed E-state index contributed by atoms with van der Waals surface area (Å²) in [4.78, 5) is 34.1. The van der Waals surface area contributed by atoms with Crippen molar-refractivity contribution in [1.82, 2.24) is 14.5 Å². The van der Waals surface area contributed by atoms with Gasteiger partial charge in [0.25, 0.3) is 0 Å². The standard InChI is InChI=1S/C25H27N7O4/c1-31-20-10-9-18(36-25(35)32(13-11-23(33)34)21-4-2-3-12-28-21)14-19(20)30-22(31)15-29-17-7-5-16(6-8-17)24(26)27/h4-10,12,14,29H,2-3,11,13,15H2,1H3,(H3,26,27)(H,33,34). The second-order valence-corrected chi connectivity index (χ2v) is 8.20. The highest BCUT2D eigenvalue weighted by molar-refractivity contribution is 5.95. The molecule has 2 heterocycles. The summed E-state index contributed by atoms with van der Waals surface area (Å²) in [7, 11) is 1.90. The van der Waals surface area contributed by atoms with Gasteiger partial charge in [-0.2, -0.15) is 0 Å². The number of aryl methyl sites for hydroxylation is 1. The predicted octanol–water partition coefficient (Wildman–Crippen LogP) is 3.45. The second-order valence-electron chi connectivity index (χ2n) is 8.20. The zero-order valence-electron chi connectivity index (χ0n) is 19.8. The van der Waals surface area contributed by atoms with Gasteiger partial charge in [0.15, 0.2) is 0 Å². The van der Waals surface area contributed by atoms with E-state index in [0.29, 0.717) is 35.6 Å². The van der Waals surface area contributed by atoms with Crippen LogP contribution >= 0.6 is 0 Å². The average molecular weight is 490 g/mol. The van der Waals surface area contributed by atoms with Crippen LogP contribution in [0.5, 0.6) is 5.75 Å². The first kappa shape index (κ1) is 24.5. The first-order valence-corrected chi connectivity index (χ1v) is 11.4. The highest BCUT2D eigenvalue weighted by Gasteiger charge is 2.22. The Morgan fingerprint density at radius 1 is 1.22 bits per heavy atom. The van der Waals surface area contributed by atoms with Crippen molar-refractivity contribution in [3.05, 3.63) is 65.7 Å². The molecule has 0 fully saturated rings. The largest absolute Gasteiger partial charge is 0.481 e. The number of amidine groups is 1. The van der Waals surface area contributed by atoms with Crippen molar-refractivity contribution < 1.29 is 19.4 Å². The molecule has 0 saturated heterocycles. The molecule has 11 nitrogen and oxygen atoms in total. The van der Waals surface area contributed by atoms with E-state index in [1.54, 1.807) is 36.6 Å². The van der Waals surface area contributed by atoms with Gasteiger partial charge in [-0.05, 0) is 55.3 Å². The normalized spacial score (nSPS) is 12.8. The summed E-state index contributed by atoms with van der Waals surface area (Å²) in [5.41, 5.74) is 8.53. The number of nitrogens with two attached hydrogens (primary N) is 1. The zero-order chi connectivity index (χ0) is 25.7. The van der Waals surface area contributed by atoms with Gasteiger partial charge >= 0.3 is 12.1 Å². The number of rotatable bonds is 9. The molecule has 11 heteroatoms. The first-order chi connectivity index (χ1) is 17.3. The number of ether oxygens (including phenoxy) is 1. The number of amides is 1. The Kier molecular flexibility index (Phi) is 7.28. The van der Waals surface area contributed by atoms with E-state index >= 15 is 0 Å². The molecule has 0 spiro atoms. The van der Waals surface area contributed by atoms with E-state index in [2.05, 4.69) is 15.3 Å². The van der Waals surface area contributed by atoms with Crippen LogP contribution in [0.4, 0.5) is 10.5 Å². The number of carbonyl (C=O) groups is 2. The number of nitrogens with one attached hydrogen (secondary N) is 2. The van der Waals surface area contributed by atoms with Crippen molar-refractivity contribution in [3.63, 3.8) is 0 Å². The molecule has 0 unspecified atom stereocenters. The number of hydrogen-bond donors (Lipinski definition) is 4. The summed E-state index contributed by atoms with van der Waals surface area (Å²) in [6.45, 7) is 0.404. The highest BCUT2D eigenvalue weighted by Crippen LogP contribution is 2.24. The number of aliphatic carboxylic acids is 1. The van der Waals surface area contributed by atoms with Crippen molar-refractivity contribution in [2.45, 2.75) is 25.8 Å². The number of nitrogen functional groups attached to an aromatic ring is 1. The minimum atomic E-state index is -1.01. The third-order valence-electron chi connectivity index (χ3n) is 5.69. The lowest BCUT2D eigenvalue weighted by Gasteiger charge is -2.22. The Bertz CT molecular complexity index is 1360. The van der Waals surface area contributed by atoms with E-state index in [1.165, 1.54) is 4.90 Å². The smallest absolute Gasteiger partial charge is 0.420 e. The lowest BCUT2D eigenvalue weighted by molar-refractivity contribution is -0.137. The van der Waals surface area contributed by atoms with Gasteiger partial charge in [-0.25, -0.2) is 14.8 Å². The van der Waals surface area contributed by atoms with Crippen molar-refractivity contribution >= 4 is 40.8 Å². The molecule has 1 amide bonds. The quantitative estimate of drug-likeness (QED) is 0.265. The Morgan fingerprint density at radius 3 is 2.67 bits per heavy atom. The van der Waals surface area contributed by atoms with Crippen LogP contribution in [0.2, 0.25) is 0 Å². The molecule has 5 N–H and O–H groups in total. The van der Waals surface area contributed by atoms with Crippen LogP contribution in [-0.2, 0) is 18.4 Å². The molecule has 0 radical (unpaired) electrons. The van der Waals surface area contributed by atoms with Gasteiger partial charge in [0.05, 0.1) is 24.0 Å². The van der Waals surface area contributed by atoms with Crippen LogP contribution in [0.15, 0.2) is 59.4 Å².